The van der Waals surface area contributed by atoms with Gasteiger partial charge in [-0.3, -0.25) is 4.98 Å². The largest absolute Gasteiger partial charge is 0.398 e. The lowest BCUT2D eigenvalue weighted by Gasteiger charge is -1.97. The predicted octanol–water partition coefficient (Wildman–Crippen LogP) is 3.03. The number of thiophene rings is 1. The first-order valence-corrected chi connectivity index (χ1v) is 5.24. The number of aromatic nitrogens is 1. The molecule has 0 aliphatic carbocycles. The average molecular weight is 200 g/mol. The fourth-order valence-corrected chi connectivity index (χ4v) is 2.60. The second kappa shape index (κ2) is 2.69. The van der Waals surface area contributed by atoms with Gasteiger partial charge in [0.15, 0.2) is 0 Å². The Balaban J connectivity index is 2.61. The van der Waals surface area contributed by atoms with Gasteiger partial charge in [0.05, 0.1) is 11.2 Å². The van der Waals surface area contributed by atoms with Crippen LogP contribution >= 0.6 is 11.3 Å². The minimum atomic E-state index is 0.822. The Morgan fingerprint density at radius 2 is 2.00 bits per heavy atom. The van der Waals surface area contributed by atoms with Gasteiger partial charge in [-0.2, -0.15) is 0 Å². The number of fused-ring (bicyclic) bond motifs is 3. The van der Waals surface area contributed by atoms with Gasteiger partial charge in [0.25, 0.3) is 0 Å². The van der Waals surface area contributed by atoms with Crippen LogP contribution in [0.1, 0.15) is 0 Å². The van der Waals surface area contributed by atoms with E-state index in [1.54, 1.807) is 11.3 Å². The summed E-state index contributed by atoms with van der Waals surface area (Å²) in [5.74, 6) is 0. The summed E-state index contributed by atoms with van der Waals surface area (Å²) in [7, 11) is 0. The fourth-order valence-electron chi connectivity index (χ4n) is 1.63. The second-order valence-corrected chi connectivity index (χ2v) is 4.09. The van der Waals surface area contributed by atoms with E-state index in [9.17, 15) is 0 Å². The van der Waals surface area contributed by atoms with Crippen LogP contribution in [0.2, 0.25) is 0 Å². The molecule has 0 unspecified atom stereocenters. The quantitative estimate of drug-likeness (QED) is 0.605. The maximum atomic E-state index is 5.84. The van der Waals surface area contributed by atoms with E-state index in [-0.39, 0.29) is 0 Å². The van der Waals surface area contributed by atoms with E-state index in [1.165, 1.54) is 10.1 Å². The minimum absolute atomic E-state index is 0.822. The molecule has 0 saturated carbocycles. The normalized spacial score (nSPS) is 11.1. The van der Waals surface area contributed by atoms with Gasteiger partial charge in [-0.1, -0.05) is 18.2 Å². The first-order valence-electron chi connectivity index (χ1n) is 4.37. The van der Waals surface area contributed by atoms with Gasteiger partial charge >= 0.3 is 0 Å². The lowest BCUT2D eigenvalue weighted by Crippen LogP contribution is -1.82. The number of pyridine rings is 1. The van der Waals surface area contributed by atoms with E-state index in [1.807, 2.05) is 29.8 Å². The van der Waals surface area contributed by atoms with Gasteiger partial charge in [0.1, 0.15) is 0 Å². The number of hydrogen-bond acceptors (Lipinski definition) is 3. The van der Waals surface area contributed by atoms with Crippen molar-refractivity contribution in [2.24, 2.45) is 0 Å². The molecule has 3 rings (SSSR count). The van der Waals surface area contributed by atoms with Crippen LogP contribution in [0.15, 0.2) is 35.8 Å². The van der Waals surface area contributed by atoms with E-state index in [0.29, 0.717) is 0 Å². The third kappa shape index (κ3) is 0.930. The fraction of sp³-hybridized carbons (Fsp3) is 0. The van der Waals surface area contributed by atoms with E-state index >= 15 is 0 Å². The minimum Gasteiger partial charge on any atom is -0.398 e. The Hall–Kier alpha value is -1.61. The highest BCUT2D eigenvalue weighted by Crippen LogP contribution is 2.32. The summed E-state index contributed by atoms with van der Waals surface area (Å²) in [6, 6.07) is 8.13. The Morgan fingerprint density at radius 3 is 2.93 bits per heavy atom. The van der Waals surface area contributed by atoms with Gasteiger partial charge in [0.2, 0.25) is 0 Å². The van der Waals surface area contributed by atoms with Gasteiger partial charge in [-0.25, -0.2) is 0 Å². The summed E-state index contributed by atoms with van der Waals surface area (Å²) in [5, 5.41) is 4.22. The zero-order chi connectivity index (χ0) is 9.54. The Bertz CT molecular complexity index is 613. The van der Waals surface area contributed by atoms with Gasteiger partial charge < -0.3 is 5.73 Å². The summed E-state index contributed by atoms with van der Waals surface area (Å²) < 4.78 is 1.23. The molecule has 2 N–H and O–H groups in total. The van der Waals surface area contributed by atoms with Crippen molar-refractivity contribution in [3.8, 4) is 0 Å². The average Bonchev–Trinajstić information content (AvgIpc) is 2.61. The molecule has 0 aliphatic heterocycles. The molecule has 0 spiro atoms. The number of nitrogens with two attached hydrogens (primary N) is 1. The topological polar surface area (TPSA) is 38.9 Å². The van der Waals surface area contributed by atoms with Crippen LogP contribution in [0.25, 0.3) is 21.0 Å². The summed E-state index contributed by atoms with van der Waals surface area (Å²) in [6.07, 6.45) is 1.85. The number of hydrogen-bond donors (Lipinski definition) is 1. The molecular weight excluding hydrogens is 192 g/mol. The maximum absolute atomic E-state index is 5.84. The van der Waals surface area contributed by atoms with Crippen molar-refractivity contribution in [2.45, 2.75) is 0 Å². The SMILES string of the molecule is Nc1csc2c1cnc1ccccc12. The number of rotatable bonds is 0. The highest BCUT2D eigenvalue weighted by molar-refractivity contribution is 7.18. The van der Waals surface area contributed by atoms with Crippen LogP contribution in [0, 0.1) is 0 Å². The van der Waals surface area contributed by atoms with Crippen molar-refractivity contribution in [1.82, 2.24) is 4.98 Å². The standard InChI is InChI=1S/C11H8N2S/c12-9-6-14-11-7-3-1-2-4-10(7)13-5-8(9)11/h1-6H,12H2. The number of nitrogens with zero attached hydrogens (tertiary/aromatic N) is 1. The predicted molar refractivity (Wildman–Crippen MR) is 61.5 cm³/mol. The lowest BCUT2D eigenvalue weighted by molar-refractivity contribution is 1.45. The van der Waals surface area contributed by atoms with Gasteiger partial charge in [-0.15, -0.1) is 11.3 Å². The van der Waals surface area contributed by atoms with E-state index in [2.05, 4.69) is 11.1 Å². The molecule has 0 aliphatic rings. The Kier molecular flexibility index (Phi) is 1.49. The summed E-state index contributed by atoms with van der Waals surface area (Å²) in [4.78, 5) is 4.37. The van der Waals surface area contributed by atoms with Crippen LogP contribution in [-0.4, -0.2) is 4.98 Å². The molecule has 0 saturated heterocycles. The molecule has 3 aromatic rings. The third-order valence-electron chi connectivity index (χ3n) is 2.34. The molecule has 2 nitrogen and oxygen atoms in total. The summed E-state index contributed by atoms with van der Waals surface area (Å²) >= 11 is 1.68. The van der Waals surface area contributed by atoms with Crippen molar-refractivity contribution in [2.75, 3.05) is 5.73 Å². The van der Waals surface area contributed by atoms with Crippen LogP contribution in [0.5, 0.6) is 0 Å². The number of nitrogen functional groups attached to an aromatic ring is 1. The monoisotopic (exact) mass is 200 g/mol. The molecule has 2 heterocycles. The smallest absolute Gasteiger partial charge is 0.0716 e. The Morgan fingerprint density at radius 1 is 1.14 bits per heavy atom. The van der Waals surface area contributed by atoms with Crippen molar-refractivity contribution in [3.63, 3.8) is 0 Å². The zero-order valence-electron chi connectivity index (χ0n) is 7.40. The van der Waals surface area contributed by atoms with Crippen LogP contribution < -0.4 is 5.73 Å². The lowest BCUT2D eigenvalue weighted by atomic mass is 10.2. The number of para-hydroxylation sites is 1. The van der Waals surface area contributed by atoms with Crippen LogP contribution in [-0.2, 0) is 0 Å². The summed E-state index contributed by atoms with van der Waals surface area (Å²) in [5.41, 5.74) is 7.69. The van der Waals surface area contributed by atoms with Crippen molar-refractivity contribution >= 4 is 38.0 Å². The van der Waals surface area contributed by atoms with E-state index in [4.69, 9.17) is 5.73 Å². The zero-order valence-corrected chi connectivity index (χ0v) is 8.21. The first kappa shape index (κ1) is 7.76. The highest BCUT2D eigenvalue weighted by atomic mass is 32.1. The molecule has 2 aromatic heterocycles. The number of benzene rings is 1. The maximum Gasteiger partial charge on any atom is 0.0716 e. The van der Waals surface area contributed by atoms with E-state index < -0.39 is 0 Å². The molecule has 68 valence electrons. The third-order valence-corrected chi connectivity index (χ3v) is 3.39. The van der Waals surface area contributed by atoms with Crippen LogP contribution in [0.4, 0.5) is 5.69 Å². The molecule has 1 aromatic carbocycles. The molecule has 0 bridgehead atoms. The molecular formula is C11H8N2S. The molecule has 0 amide bonds. The van der Waals surface area contributed by atoms with Crippen molar-refractivity contribution in [1.29, 1.82) is 0 Å². The molecule has 3 heteroatoms. The molecule has 0 radical (unpaired) electrons. The highest BCUT2D eigenvalue weighted by Gasteiger charge is 2.04. The first-order chi connectivity index (χ1) is 6.86. The van der Waals surface area contributed by atoms with Crippen molar-refractivity contribution in [3.05, 3.63) is 35.8 Å². The van der Waals surface area contributed by atoms with E-state index in [0.717, 1.165) is 16.6 Å². The van der Waals surface area contributed by atoms with Gasteiger partial charge in [-0.05, 0) is 6.07 Å². The molecule has 0 fully saturated rings. The Labute approximate surface area is 85.0 Å². The second-order valence-electron chi connectivity index (χ2n) is 3.21. The summed E-state index contributed by atoms with van der Waals surface area (Å²) in [6.45, 7) is 0. The molecule has 0 atom stereocenters. The van der Waals surface area contributed by atoms with Crippen molar-refractivity contribution < 1.29 is 0 Å². The number of anilines is 1. The molecule has 14 heavy (non-hydrogen) atoms. The van der Waals surface area contributed by atoms with Crippen LogP contribution in [0.3, 0.4) is 0 Å². The van der Waals surface area contributed by atoms with Gasteiger partial charge in [0, 0.05) is 27.0 Å².